The van der Waals surface area contributed by atoms with E-state index >= 15 is 0 Å². The monoisotopic (exact) mass is 448 g/mol. The first-order valence-corrected chi connectivity index (χ1v) is 10.4. The Hall–Kier alpha value is -4.05. The molecule has 10 heteroatoms. The summed E-state index contributed by atoms with van der Waals surface area (Å²) >= 11 is 0. The van der Waals surface area contributed by atoms with Crippen molar-refractivity contribution in [1.82, 2.24) is 5.32 Å². The summed E-state index contributed by atoms with van der Waals surface area (Å²) in [6, 6.07) is 12.0. The van der Waals surface area contributed by atoms with Crippen LogP contribution in [0.5, 0.6) is 5.75 Å². The van der Waals surface area contributed by atoms with E-state index in [9.17, 15) is 24.0 Å². The summed E-state index contributed by atoms with van der Waals surface area (Å²) < 4.78 is 5.01. The number of benzene rings is 2. The van der Waals surface area contributed by atoms with Crippen LogP contribution in [0.15, 0.2) is 48.5 Å². The van der Waals surface area contributed by atoms with Crippen molar-refractivity contribution in [2.75, 3.05) is 10.2 Å². The number of carbonyl (C=O) groups is 5. The largest absolute Gasteiger partial charge is 0.427 e. The fourth-order valence-corrected chi connectivity index (χ4v) is 5.23. The highest BCUT2D eigenvalue weighted by atomic mass is 16.5. The molecule has 5 rings (SSSR count). The molecule has 2 saturated heterocycles. The number of nitrogens with zero attached hydrogens (tertiary/aromatic N) is 1. The standard InChI is InChI=1S/C23H20N4O6/c1-11(28)33-13-8-6-12(7-9-13)27-20(30)18-16(10-17(24)29)26-23(19(18)21(27)31)14-4-2-3-5-15(14)25-22(23)32/h2-9,16,18-19,26H,10H2,1H3,(H2,24,29)(H,25,32)/t16-,18-,19-,23-/m0/s1. The lowest BCUT2D eigenvalue weighted by molar-refractivity contribution is -0.132. The van der Waals surface area contributed by atoms with Gasteiger partial charge in [0.05, 0.1) is 17.5 Å². The van der Waals surface area contributed by atoms with Crippen molar-refractivity contribution in [3.8, 4) is 5.75 Å². The number of rotatable bonds is 4. The molecule has 33 heavy (non-hydrogen) atoms. The number of amides is 4. The van der Waals surface area contributed by atoms with Gasteiger partial charge in [0.25, 0.3) is 0 Å². The maximum atomic E-state index is 13.7. The Morgan fingerprint density at radius 1 is 1.06 bits per heavy atom. The number of hydrogen-bond acceptors (Lipinski definition) is 7. The molecule has 0 bridgehead atoms. The number of anilines is 2. The number of ether oxygens (including phenoxy) is 1. The first kappa shape index (κ1) is 20.8. The van der Waals surface area contributed by atoms with E-state index in [1.807, 2.05) is 0 Å². The predicted octanol–water partition coefficient (Wildman–Crippen LogP) is 0.412. The molecule has 3 aliphatic rings. The third kappa shape index (κ3) is 2.94. The van der Waals surface area contributed by atoms with Gasteiger partial charge in [-0.3, -0.25) is 29.3 Å². The van der Waals surface area contributed by atoms with E-state index in [4.69, 9.17) is 10.5 Å². The lowest BCUT2D eigenvalue weighted by atomic mass is 9.76. The molecule has 0 radical (unpaired) electrons. The Labute approximate surface area is 188 Å². The molecule has 3 heterocycles. The summed E-state index contributed by atoms with van der Waals surface area (Å²) in [5, 5.41) is 5.91. The number of esters is 1. The molecule has 1 spiro atoms. The van der Waals surface area contributed by atoms with E-state index in [0.29, 0.717) is 11.3 Å². The fourth-order valence-electron chi connectivity index (χ4n) is 5.23. The highest BCUT2D eigenvalue weighted by Crippen LogP contribution is 2.53. The van der Waals surface area contributed by atoms with Crippen molar-refractivity contribution >= 4 is 41.0 Å². The smallest absolute Gasteiger partial charge is 0.308 e. The Morgan fingerprint density at radius 2 is 1.76 bits per heavy atom. The fraction of sp³-hybridized carbons (Fsp3) is 0.261. The second-order valence-electron chi connectivity index (χ2n) is 8.33. The van der Waals surface area contributed by atoms with Crippen molar-refractivity contribution < 1.29 is 28.7 Å². The van der Waals surface area contributed by atoms with E-state index < -0.39 is 53.0 Å². The molecule has 0 aliphatic carbocycles. The maximum Gasteiger partial charge on any atom is 0.308 e. The van der Waals surface area contributed by atoms with Gasteiger partial charge in [-0.05, 0) is 30.3 Å². The molecule has 4 N–H and O–H groups in total. The number of hydrogen-bond donors (Lipinski definition) is 3. The Balaban J connectivity index is 1.59. The molecule has 10 nitrogen and oxygen atoms in total. The lowest BCUT2D eigenvalue weighted by Crippen LogP contribution is -2.53. The van der Waals surface area contributed by atoms with Crippen LogP contribution in [0.4, 0.5) is 11.4 Å². The van der Waals surface area contributed by atoms with Crippen LogP contribution < -0.4 is 26.0 Å². The summed E-state index contributed by atoms with van der Waals surface area (Å²) in [6.07, 6.45) is -0.212. The number of carbonyl (C=O) groups excluding carboxylic acids is 5. The number of fused-ring (bicyclic) bond motifs is 4. The molecule has 2 aromatic carbocycles. The average molecular weight is 448 g/mol. The van der Waals surface area contributed by atoms with Crippen molar-refractivity contribution in [3.63, 3.8) is 0 Å². The summed E-state index contributed by atoms with van der Waals surface area (Å²) in [5.74, 6) is -4.47. The van der Waals surface area contributed by atoms with E-state index in [-0.39, 0.29) is 17.9 Å². The summed E-state index contributed by atoms with van der Waals surface area (Å²) in [5.41, 5.74) is 5.28. The lowest BCUT2D eigenvalue weighted by Gasteiger charge is -2.29. The molecule has 2 fully saturated rings. The SMILES string of the molecule is CC(=O)Oc1ccc(N2C(=O)[C@H]3[C@H](CC(N)=O)N[C@]4(C(=O)Nc5ccccc54)[C@@H]3C2=O)cc1. The van der Waals surface area contributed by atoms with Crippen LogP contribution in [0.3, 0.4) is 0 Å². The van der Waals surface area contributed by atoms with Crippen LogP contribution in [0.2, 0.25) is 0 Å². The van der Waals surface area contributed by atoms with Gasteiger partial charge >= 0.3 is 5.97 Å². The first-order chi connectivity index (χ1) is 15.7. The van der Waals surface area contributed by atoms with Gasteiger partial charge in [-0.1, -0.05) is 18.2 Å². The topological polar surface area (TPSA) is 148 Å². The number of imide groups is 1. The van der Waals surface area contributed by atoms with Gasteiger partial charge in [-0.15, -0.1) is 0 Å². The number of para-hydroxylation sites is 1. The minimum atomic E-state index is -1.50. The Morgan fingerprint density at radius 3 is 2.42 bits per heavy atom. The average Bonchev–Trinajstić information content (AvgIpc) is 3.33. The van der Waals surface area contributed by atoms with Crippen LogP contribution >= 0.6 is 0 Å². The summed E-state index contributed by atoms with van der Waals surface area (Å²) in [7, 11) is 0. The van der Waals surface area contributed by atoms with Crippen LogP contribution in [-0.2, 0) is 29.5 Å². The van der Waals surface area contributed by atoms with E-state index in [2.05, 4.69) is 10.6 Å². The normalized spacial score (nSPS) is 27.5. The zero-order valence-corrected chi connectivity index (χ0v) is 17.5. The van der Waals surface area contributed by atoms with Crippen molar-refractivity contribution in [2.45, 2.75) is 24.9 Å². The summed E-state index contributed by atoms with van der Waals surface area (Å²) in [4.78, 5) is 64.4. The quantitative estimate of drug-likeness (QED) is 0.349. The second kappa shape index (κ2) is 7.24. The molecule has 0 aromatic heterocycles. The first-order valence-electron chi connectivity index (χ1n) is 10.4. The van der Waals surface area contributed by atoms with Gasteiger partial charge in [0.1, 0.15) is 11.3 Å². The molecule has 168 valence electrons. The van der Waals surface area contributed by atoms with Gasteiger partial charge < -0.3 is 15.8 Å². The summed E-state index contributed by atoms with van der Waals surface area (Å²) in [6.45, 7) is 1.26. The van der Waals surface area contributed by atoms with Gasteiger partial charge in [-0.2, -0.15) is 0 Å². The zero-order chi connectivity index (χ0) is 23.5. The third-order valence-corrected chi connectivity index (χ3v) is 6.40. The molecule has 4 amide bonds. The van der Waals surface area contributed by atoms with E-state index in [0.717, 1.165) is 4.90 Å². The Kier molecular flexibility index (Phi) is 4.57. The molecule has 4 atom stereocenters. The number of nitrogens with two attached hydrogens (primary N) is 1. The molecular weight excluding hydrogens is 428 g/mol. The highest BCUT2D eigenvalue weighted by Gasteiger charge is 2.70. The van der Waals surface area contributed by atoms with Gasteiger partial charge in [-0.25, -0.2) is 4.90 Å². The minimum absolute atomic E-state index is 0.212. The van der Waals surface area contributed by atoms with Gasteiger partial charge in [0.15, 0.2) is 0 Å². The van der Waals surface area contributed by atoms with Crippen LogP contribution in [0.25, 0.3) is 0 Å². The molecule has 0 unspecified atom stereocenters. The van der Waals surface area contributed by atoms with Crippen molar-refractivity contribution in [1.29, 1.82) is 0 Å². The molecular formula is C23H20N4O6. The van der Waals surface area contributed by atoms with Crippen LogP contribution in [-0.4, -0.2) is 35.6 Å². The highest BCUT2D eigenvalue weighted by molar-refractivity contribution is 6.26. The van der Waals surface area contributed by atoms with Crippen LogP contribution in [0, 0.1) is 11.8 Å². The van der Waals surface area contributed by atoms with Gasteiger partial charge in [0.2, 0.25) is 23.6 Å². The maximum absolute atomic E-state index is 13.7. The molecule has 3 aliphatic heterocycles. The minimum Gasteiger partial charge on any atom is -0.427 e. The number of primary amides is 1. The van der Waals surface area contributed by atoms with Crippen molar-refractivity contribution in [2.24, 2.45) is 17.6 Å². The predicted molar refractivity (Wildman–Crippen MR) is 115 cm³/mol. The second-order valence-corrected chi connectivity index (χ2v) is 8.33. The van der Waals surface area contributed by atoms with Gasteiger partial charge in [0, 0.05) is 30.6 Å². The van der Waals surface area contributed by atoms with Crippen LogP contribution in [0.1, 0.15) is 18.9 Å². The Bertz CT molecular complexity index is 1230. The third-order valence-electron chi connectivity index (χ3n) is 6.40. The van der Waals surface area contributed by atoms with E-state index in [1.165, 1.54) is 31.2 Å². The molecule has 0 saturated carbocycles. The zero-order valence-electron chi connectivity index (χ0n) is 17.5. The molecule has 2 aromatic rings. The number of nitrogens with one attached hydrogen (secondary N) is 2. The van der Waals surface area contributed by atoms with E-state index in [1.54, 1.807) is 24.3 Å². The van der Waals surface area contributed by atoms with Crippen molar-refractivity contribution in [3.05, 3.63) is 54.1 Å².